The minimum absolute atomic E-state index is 0. The fraction of sp³-hybridized carbons (Fsp3) is 0.429. The van der Waals surface area contributed by atoms with Crippen LogP contribution in [0.25, 0.3) is 0 Å². The molecular weight excluding hydrogens is 302 g/mol. The van der Waals surface area contributed by atoms with Gasteiger partial charge in [0.25, 0.3) is 0 Å². The highest BCUT2D eigenvalue weighted by molar-refractivity contribution is 5.85. The second-order valence-electron chi connectivity index (χ2n) is 6.56. The van der Waals surface area contributed by atoms with Crippen LogP contribution in [0, 0.1) is 0 Å². The second kappa shape index (κ2) is 9.10. The standard InChI is InChI=1S/C21H27N.ClH/c1-18(22-15-9-4-10-16-22)17-21(19-11-5-2-6-12-19)20-13-7-3-8-14-20;/h2-3,5-8,11-14,18,21H,4,9-10,15-17H2,1H3;1H. The van der Waals surface area contributed by atoms with Gasteiger partial charge in [0.1, 0.15) is 0 Å². The number of rotatable bonds is 5. The molecule has 0 radical (unpaired) electrons. The monoisotopic (exact) mass is 329 g/mol. The molecule has 2 aromatic rings. The van der Waals surface area contributed by atoms with Gasteiger partial charge in [0, 0.05) is 12.0 Å². The predicted molar refractivity (Wildman–Crippen MR) is 101 cm³/mol. The van der Waals surface area contributed by atoms with Crippen molar-refractivity contribution in [1.29, 1.82) is 0 Å². The molecule has 3 rings (SSSR count). The van der Waals surface area contributed by atoms with E-state index in [2.05, 4.69) is 72.5 Å². The van der Waals surface area contributed by atoms with Gasteiger partial charge in [0.2, 0.25) is 0 Å². The van der Waals surface area contributed by atoms with E-state index >= 15 is 0 Å². The second-order valence-corrected chi connectivity index (χ2v) is 6.56. The molecule has 1 aliphatic rings. The van der Waals surface area contributed by atoms with Crippen LogP contribution in [0.5, 0.6) is 0 Å². The fourth-order valence-corrected chi connectivity index (χ4v) is 3.68. The third-order valence-corrected chi connectivity index (χ3v) is 4.99. The largest absolute Gasteiger partial charge is 0.301 e. The van der Waals surface area contributed by atoms with Crippen LogP contribution < -0.4 is 0 Å². The van der Waals surface area contributed by atoms with Gasteiger partial charge in [-0.2, -0.15) is 0 Å². The Kier molecular flexibility index (Phi) is 7.14. The normalized spacial score (nSPS) is 16.8. The first-order valence-electron chi connectivity index (χ1n) is 8.68. The van der Waals surface area contributed by atoms with Crippen LogP contribution in [0.4, 0.5) is 0 Å². The van der Waals surface area contributed by atoms with Gasteiger partial charge in [-0.15, -0.1) is 12.4 Å². The first kappa shape index (κ1) is 18.0. The lowest BCUT2D eigenvalue weighted by molar-refractivity contribution is 0.163. The summed E-state index contributed by atoms with van der Waals surface area (Å²) in [5, 5.41) is 0. The Morgan fingerprint density at radius 1 is 0.783 bits per heavy atom. The first-order valence-corrected chi connectivity index (χ1v) is 8.68. The molecule has 1 aliphatic heterocycles. The van der Waals surface area contributed by atoms with Crippen LogP contribution >= 0.6 is 12.4 Å². The Morgan fingerprint density at radius 3 is 1.74 bits per heavy atom. The van der Waals surface area contributed by atoms with Crippen molar-refractivity contribution in [2.24, 2.45) is 0 Å². The number of hydrogen-bond donors (Lipinski definition) is 0. The molecule has 2 aromatic carbocycles. The number of benzene rings is 2. The van der Waals surface area contributed by atoms with Gasteiger partial charge >= 0.3 is 0 Å². The molecule has 1 saturated heterocycles. The third-order valence-electron chi connectivity index (χ3n) is 4.99. The first-order chi connectivity index (χ1) is 10.8. The van der Waals surface area contributed by atoms with Crippen molar-refractivity contribution < 1.29 is 0 Å². The smallest absolute Gasteiger partial charge is 0.0104 e. The van der Waals surface area contributed by atoms with E-state index < -0.39 is 0 Å². The molecule has 0 aliphatic carbocycles. The summed E-state index contributed by atoms with van der Waals surface area (Å²) in [7, 11) is 0. The van der Waals surface area contributed by atoms with E-state index in [-0.39, 0.29) is 12.4 Å². The van der Waals surface area contributed by atoms with Gasteiger partial charge in [-0.05, 0) is 50.4 Å². The highest BCUT2D eigenvalue weighted by Gasteiger charge is 2.22. The van der Waals surface area contributed by atoms with Gasteiger partial charge in [-0.1, -0.05) is 67.1 Å². The summed E-state index contributed by atoms with van der Waals surface area (Å²) in [5.74, 6) is 0.499. The van der Waals surface area contributed by atoms with E-state index in [0.717, 1.165) is 0 Å². The zero-order valence-corrected chi connectivity index (χ0v) is 14.8. The summed E-state index contributed by atoms with van der Waals surface area (Å²) in [5.41, 5.74) is 2.88. The number of nitrogens with zero attached hydrogens (tertiary/aromatic N) is 1. The van der Waals surface area contributed by atoms with Crippen LogP contribution in [0.3, 0.4) is 0 Å². The Morgan fingerprint density at radius 2 is 1.26 bits per heavy atom. The van der Waals surface area contributed by atoms with Crippen molar-refractivity contribution in [2.45, 2.75) is 44.6 Å². The van der Waals surface area contributed by atoms with Gasteiger partial charge in [0.05, 0.1) is 0 Å². The van der Waals surface area contributed by atoms with Crippen LogP contribution in [0.2, 0.25) is 0 Å². The van der Waals surface area contributed by atoms with Crippen molar-refractivity contribution in [3.8, 4) is 0 Å². The molecule has 1 atom stereocenters. The minimum Gasteiger partial charge on any atom is -0.301 e. The topological polar surface area (TPSA) is 3.24 Å². The van der Waals surface area contributed by atoms with Gasteiger partial charge in [-0.25, -0.2) is 0 Å². The van der Waals surface area contributed by atoms with Crippen molar-refractivity contribution in [3.05, 3.63) is 71.8 Å². The van der Waals surface area contributed by atoms with Crippen molar-refractivity contribution in [3.63, 3.8) is 0 Å². The maximum absolute atomic E-state index is 2.68. The van der Waals surface area contributed by atoms with E-state index in [9.17, 15) is 0 Å². The Labute approximate surface area is 147 Å². The average Bonchev–Trinajstić information content (AvgIpc) is 2.62. The summed E-state index contributed by atoms with van der Waals surface area (Å²) in [4.78, 5) is 2.68. The van der Waals surface area contributed by atoms with Crippen molar-refractivity contribution in [1.82, 2.24) is 4.90 Å². The number of piperidine rings is 1. The zero-order valence-electron chi connectivity index (χ0n) is 14.0. The lowest BCUT2D eigenvalue weighted by atomic mass is 9.85. The van der Waals surface area contributed by atoms with E-state index in [0.29, 0.717) is 12.0 Å². The minimum atomic E-state index is 0. The molecule has 0 saturated carbocycles. The summed E-state index contributed by atoms with van der Waals surface area (Å²) in [6.07, 6.45) is 5.34. The predicted octanol–water partition coefficient (Wildman–Crippen LogP) is 5.50. The number of halogens is 1. The summed E-state index contributed by atoms with van der Waals surface area (Å²) in [6, 6.07) is 22.6. The molecule has 1 nitrogen and oxygen atoms in total. The molecule has 1 unspecified atom stereocenters. The SMILES string of the molecule is CC(CC(c1ccccc1)c1ccccc1)N1CCCCC1.Cl. The fourth-order valence-electron chi connectivity index (χ4n) is 3.68. The number of likely N-dealkylation sites (tertiary alicyclic amines) is 1. The summed E-state index contributed by atoms with van der Waals surface area (Å²) >= 11 is 0. The summed E-state index contributed by atoms with van der Waals surface area (Å²) in [6.45, 7) is 4.96. The van der Waals surface area contributed by atoms with E-state index in [1.165, 1.54) is 49.9 Å². The Hall–Kier alpha value is -1.31. The van der Waals surface area contributed by atoms with E-state index in [4.69, 9.17) is 0 Å². The molecule has 1 fully saturated rings. The van der Waals surface area contributed by atoms with Gasteiger partial charge in [0.15, 0.2) is 0 Å². The number of hydrogen-bond acceptors (Lipinski definition) is 1. The van der Waals surface area contributed by atoms with Crippen LogP contribution in [-0.2, 0) is 0 Å². The molecule has 0 amide bonds. The molecule has 0 spiro atoms. The molecule has 2 heteroatoms. The van der Waals surface area contributed by atoms with Gasteiger partial charge < -0.3 is 4.90 Å². The molecule has 0 N–H and O–H groups in total. The quantitative estimate of drug-likeness (QED) is 0.699. The molecular formula is C21H28ClN. The van der Waals surface area contributed by atoms with Gasteiger partial charge in [-0.3, -0.25) is 0 Å². The average molecular weight is 330 g/mol. The van der Waals surface area contributed by atoms with E-state index in [1.54, 1.807) is 0 Å². The zero-order chi connectivity index (χ0) is 15.2. The molecule has 1 heterocycles. The highest BCUT2D eigenvalue weighted by Crippen LogP contribution is 2.31. The van der Waals surface area contributed by atoms with Crippen molar-refractivity contribution in [2.75, 3.05) is 13.1 Å². The lowest BCUT2D eigenvalue weighted by Crippen LogP contribution is -2.38. The molecule has 23 heavy (non-hydrogen) atoms. The van der Waals surface area contributed by atoms with E-state index in [1.807, 2.05) is 0 Å². The molecule has 124 valence electrons. The van der Waals surface area contributed by atoms with Crippen molar-refractivity contribution >= 4 is 12.4 Å². The molecule has 0 aromatic heterocycles. The third kappa shape index (κ3) is 4.83. The maximum atomic E-state index is 2.68. The maximum Gasteiger partial charge on any atom is 0.0104 e. The van der Waals surface area contributed by atoms with Crippen LogP contribution in [0.1, 0.15) is 49.7 Å². The Bertz CT molecular complexity index is 509. The van der Waals surface area contributed by atoms with Crippen LogP contribution in [-0.4, -0.2) is 24.0 Å². The lowest BCUT2D eigenvalue weighted by Gasteiger charge is -2.34. The summed E-state index contributed by atoms with van der Waals surface area (Å²) < 4.78 is 0. The Balaban J connectivity index is 0.00000192. The van der Waals surface area contributed by atoms with Crippen LogP contribution in [0.15, 0.2) is 60.7 Å². The highest BCUT2D eigenvalue weighted by atomic mass is 35.5. The molecule has 0 bridgehead atoms.